The minimum absolute atomic E-state index is 0.621. The molecule has 0 N–H and O–H groups in total. The molecule has 1 unspecified atom stereocenters. The zero-order chi connectivity index (χ0) is 8.43. The van der Waals surface area contributed by atoms with Gasteiger partial charge >= 0.3 is 0 Å². The Morgan fingerprint density at radius 1 is 1.64 bits per heavy atom. The van der Waals surface area contributed by atoms with Crippen LogP contribution in [0.3, 0.4) is 0 Å². The van der Waals surface area contributed by atoms with Crippen LogP contribution in [0, 0.1) is 6.92 Å². The summed E-state index contributed by atoms with van der Waals surface area (Å²) in [5.74, 6) is 1.32. The molecule has 0 aliphatic heterocycles. The Labute approximate surface area is 68.5 Å². The average molecular weight is 153 g/mol. The van der Waals surface area contributed by atoms with Gasteiger partial charge in [-0.05, 0) is 13.3 Å². The predicted molar refractivity (Wildman–Crippen MR) is 45.3 cm³/mol. The second kappa shape index (κ2) is 3.07. The molecule has 11 heavy (non-hydrogen) atoms. The molecule has 2 nitrogen and oxygen atoms in total. The normalized spacial score (nSPS) is 13.5. The number of hydrogen-bond donors (Lipinski definition) is 0. The molecule has 0 spiro atoms. The van der Waals surface area contributed by atoms with Gasteiger partial charge in [0.15, 0.2) is 0 Å². The number of rotatable bonds is 2. The predicted octanol–water partition coefficient (Wildman–Crippen LogP) is 1.59. The Morgan fingerprint density at radius 3 is 2.64 bits per heavy atom. The van der Waals surface area contributed by atoms with Crippen LogP contribution in [0.1, 0.15) is 32.1 Å². The van der Waals surface area contributed by atoms with Crippen molar-refractivity contribution >= 4 is 0 Å². The van der Waals surface area contributed by atoms with E-state index < -0.39 is 0 Å². The fourth-order valence-electron chi connectivity index (χ4n) is 1.23. The highest BCUT2D eigenvalue weighted by molar-refractivity contribution is 4.82. The van der Waals surface area contributed by atoms with Crippen LogP contribution in [0.25, 0.3) is 0 Å². The lowest BCUT2D eigenvalue weighted by Gasteiger charge is -2.05. The van der Waals surface area contributed by atoms with E-state index in [1.807, 2.05) is 0 Å². The summed E-state index contributed by atoms with van der Waals surface area (Å²) in [6.07, 6.45) is 5.43. The van der Waals surface area contributed by atoms with E-state index in [0.29, 0.717) is 6.04 Å². The zero-order valence-electron chi connectivity index (χ0n) is 7.83. The molecule has 2 heteroatoms. The summed E-state index contributed by atoms with van der Waals surface area (Å²) in [5, 5.41) is 0. The Morgan fingerprint density at radius 2 is 2.27 bits per heavy atom. The third-order valence-electron chi connectivity index (χ3n) is 2.40. The second-order valence-electron chi connectivity index (χ2n) is 3.12. The monoisotopic (exact) mass is 153 g/mol. The second-order valence-corrected chi connectivity index (χ2v) is 3.12. The zero-order valence-corrected chi connectivity index (χ0v) is 7.83. The van der Waals surface area contributed by atoms with E-state index in [0.717, 1.165) is 0 Å². The van der Waals surface area contributed by atoms with Crippen LogP contribution < -0.4 is 4.57 Å². The highest BCUT2D eigenvalue weighted by atomic mass is 15.1. The van der Waals surface area contributed by atoms with Gasteiger partial charge in [-0.15, -0.1) is 0 Å². The molecule has 0 saturated carbocycles. The van der Waals surface area contributed by atoms with Crippen molar-refractivity contribution in [2.45, 2.75) is 33.2 Å². The molecule has 0 aliphatic rings. The number of aryl methyl sites for hydroxylation is 1. The van der Waals surface area contributed by atoms with Crippen LogP contribution in [-0.2, 0) is 7.05 Å². The molecule has 0 bridgehead atoms. The van der Waals surface area contributed by atoms with Crippen LogP contribution in [0.15, 0.2) is 12.4 Å². The SMILES string of the molecule is CCC(C)n1cc[n+](C)c1C. The summed E-state index contributed by atoms with van der Waals surface area (Å²) in [5.41, 5.74) is 0. The van der Waals surface area contributed by atoms with E-state index in [9.17, 15) is 0 Å². The highest BCUT2D eigenvalue weighted by Gasteiger charge is 2.13. The lowest BCUT2D eigenvalue weighted by Crippen LogP contribution is -2.30. The Hall–Kier alpha value is -0.790. The molecule has 0 saturated heterocycles. The van der Waals surface area contributed by atoms with E-state index in [-0.39, 0.29) is 0 Å². The molecular formula is C9H17N2+. The van der Waals surface area contributed by atoms with E-state index in [1.165, 1.54) is 12.2 Å². The first kappa shape index (κ1) is 8.31. The Kier molecular flexibility index (Phi) is 2.32. The molecule has 0 aliphatic carbocycles. The molecule has 1 atom stereocenters. The van der Waals surface area contributed by atoms with Gasteiger partial charge in [0.25, 0.3) is 5.82 Å². The van der Waals surface area contributed by atoms with Gasteiger partial charge in [0, 0.05) is 6.92 Å². The van der Waals surface area contributed by atoms with E-state index in [1.54, 1.807) is 0 Å². The standard InChI is InChI=1S/C9H17N2/c1-5-8(2)11-7-6-10(4)9(11)3/h6-8H,5H2,1-4H3/q+1. The van der Waals surface area contributed by atoms with Gasteiger partial charge in [0.05, 0.1) is 13.1 Å². The van der Waals surface area contributed by atoms with Crippen molar-refractivity contribution < 1.29 is 4.57 Å². The summed E-state index contributed by atoms with van der Waals surface area (Å²) in [6.45, 7) is 6.60. The molecular weight excluding hydrogens is 136 g/mol. The first-order valence-electron chi connectivity index (χ1n) is 4.20. The Balaban J connectivity index is 2.94. The lowest BCUT2D eigenvalue weighted by atomic mass is 10.2. The van der Waals surface area contributed by atoms with Crippen molar-refractivity contribution in [2.24, 2.45) is 7.05 Å². The van der Waals surface area contributed by atoms with Crippen molar-refractivity contribution in [2.75, 3.05) is 0 Å². The van der Waals surface area contributed by atoms with Gasteiger partial charge in [-0.3, -0.25) is 0 Å². The summed E-state index contributed by atoms with van der Waals surface area (Å²) in [4.78, 5) is 0. The smallest absolute Gasteiger partial charge is 0.237 e. The van der Waals surface area contributed by atoms with Gasteiger partial charge in [-0.2, -0.15) is 0 Å². The van der Waals surface area contributed by atoms with Crippen LogP contribution in [0.5, 0.6) is 0 Å². The van der Waals surface area contributed by atoms with Crippen molar-refractivity contribution in [3.8, 4) is 0 Å². The first-order chi connectivity index (χ1) is 5.16. The summed E-state index contributed by atoms with van der Waals surface area (Å²) in [7, 11) is 2.08. The van der Waals surface area contributed by atoms with Crippen molar-refractivity contribution in [3.05, 3.63) is 18.2 Å². The van der Waals surface area contributed by atoms with Gasteiger partial charge in [0.2, 0.25) is 0 Å². The number of aromatic nitrogens is 2. The van der Waals surface area contributed by atoms with Crippen molar-refractivity contribution in [1.29, 1.82) is 0 Å². The van der Waals surface area contributed by atoms with E-state index in [4.69, 9.17) is 0 Å². The van der Waals surface area contributed by atoms with Crippen LogP contribution in [-0.4, -0.2) is 4.57 Å². The molecule has 62 valence electrons. The maximum atomic E-state index is 2.31. The summed E-state index contributed by atoms with van der Waals surface area (Å²) >= 11 is 0. The third-order valence-corrected chi connectivity index (χ3v) is 2.40. The molecule has 0 aromatic carbocycles. The topological polar surface area (TPSA) is 8.81 Å². The van der Waals surface area contributed by atoms with E-state index in [2.05, 4.69) is 49.3 Å². The van der Waals surface area contributed by atoms with Crippen LogP contribution in [0.2, 0.25) is 0 Å². The molecule has 0 radical (unpaired) electrons. The lowest BCUT2D eigenvalue weighted by molar-refractivity contribution is -0.677. The number of nitrogens with zero attached hydrogens (tertiary/aromatic N) is 2. The van der Waals surface area contributed by atoms with E-state index >= 15 is 0 Å². The number of imidazole rings is 1. The maximum absolute atomic E-state index is 2.31. The van der Waals surface area contributed by atoms with Crippen LogP contribution >= 0.6 is 0 Å². The van der Waals surface area contributed by atoms with Crippen molar-refractivity contribution in [3.63, 3.8) is 0 Å². The molecule has 0 fully saturated rings. The number of hydrogen-bond acceptors (Lipinski definition) is 0. The summed E-state index contributed by atoms with van der Waals surface area (Å²) < 4.78 is 4.45. The summed E-state index contributed by atoms with van der Waals surface area (Å²) in [6, 6.07) is 0.621. The molecule has 1 aromatic rings. The van der Waals surface area contributed by atoms with Gasteiger partial charge in [-0.1, -0.05) is 6.92 Å². The first-order valence-corrected chi connectivity index (χ1v) is 4.20. The minimum Gasteiger partial charge on any atom is -0.237 e. The highest BCUT2D eigenvalue weighted by Crippen LogP contribution is 2.10. The van der Waals surface area contributed by atoms with Crippen molar-refractivity contribution in [1.82, 2.24) is 4.57 Å². The van der Waals surface area contributed by atoms with Crippen LogP contribution in [0.4, 0.5) is 0 Å². The Bertz CT molecular complexity index is 238. The van der Waals surface area contributed by atoms with Gasteiger partial charge in [-0.25, -0.2) is 9.13 Å². The van der Waals surface area contributed by atoms with Gasteiger partial charge < -0.3 is 0 Å². The largest absolute Gasteiger partial charge is 0.253 e. The molecule has 1 heterocycles. The molecule has 1 aromatic heterocycles. The minimum atomic E-state index is 0.621. The van der Waals surface area contributed by atoms with Gasteiger partial charge in [0.1, 0.15) is 12.4 Å². The molecule has 0 amide bonds. The average Bonchev–Trinajstić information content (AvgIpc) is 2.32. The maximum Gasteiger partial charge on any atom is 0.253 e. The molecule has 1 rings (SSSR count). The quantitative estimate of drug-likeness (QED) is 0.571. The fraction of sp³-hybridized carbons (Fsp3) is 0.667. The fourth-order valence-corrected chi connectivity index (χ4v) is 1.23. The third kappa shape index (κ3) is 1.44.